The molecule has 0 saturated heterocycles. The zero-order valence-corrected chi connectivity index (χ0v) is 12.3. The maximum Gasteiger partial charge on any atom is 0.518 e. The SMILES string of the molecule is CC(=O)N/C(=N\S(=O)(=O)C(F)(F)F)NC(=O)OC(C)(C)C. The highest BCUT2D eigenvalue weighted by Crippen LogP contribution is 2.24. The minimum atomic E-state index is -5.93. The van der Waals surface area contributed by atoms with E-state index in [-0.39, 0.29) is 0 Å². The summed E-state index contributed by atoms with van der Waals surface area (Å²) in [4.78, 5) is 22.1. The van der Waals surface area contributed by atoms with Gasteiger partial charge in [0.2, 0.25) is 11.9 Å². The molecule has 0 fully saturated rings. The third-order valence-corrected chi connectivity index (χ3v) is 2.43. The predicted molar refractivity (Wildman–Crippen MR) is 65.6 cm³/mol. The Morgan fingerprint density at radius 1 is 1.10 bits per heavy atom. The molecule has 0 aromatic heterocycles. The van der Waals surface area contributed by atoms with Crippen molar-refractivity contribution in [2.45, 2.75) is 38.8 Å². The molecule has 2 N–H and O–H groups in total. The lowest BCUT2D eigenvalue weighted by atomic mass is 10.2. The summed E-state index contributed by atoms with van der Waals surface area (Å²) in [5.74, 6) is -2.16. The Labute approximate surface area is 118 Å². The highest BCUT2D eigenvalue weighted by atomic mass is 32.2. The third kappa shape index (κ3) is 7.48. The first kappa shape index (κ1) is 19.1. The van der Waals surface area contributed by atoms with Gasteiger partial charge in [0.25, 0.3) is 0 Å². The van der Waals surface area contributed by atoms with Gasteiger partial charge < -0.3 is 4.74 Å². The van der Waals surface area contributed by atoms with Gasteiger partial charge in [-0.3, -0.25) is 15.4 Å². The third-order valence-electron chi connectivity index (χ3n) is 1.42. The van der Waals surface area contributed by atoms with E-state index in [9.17, 15) is 31.2 Å². The largest absolute Gasteiger partial charge is 0.518 e. The van der Waals surface area contributed by atoms with Gasteiger partial charge in [0, 0.05) is 6.92 Å². The fourth-order valence-corrected chi connectivity index (χ4v) is 1.25. The maximum atomic E-state index is 12.2. The molecule has 0 unspecified atom stereocenters. The number of nitrogens with zero attached hydrogens (tertiary/aromatic N) is 1. The van der Waals surface area contributed by atoms with E-state index in [4.69, 9.17) is 4.74 Å². The molecule has 122 valence electrons. The van der Waals surface area contributed by atoms with Gasteiger partial charge in [-0.1, -0.05) is 0 Å². The Hall–Kier alpha value is -1.85. The quantitative estimate of drug-likeness (QED) is 0.545. The lowest BCUT2D eigenvalue weighted by molar-refractivity contribution is -0.117. The summed E-state index contributed by atoms with van der Waals surface area (Å²) in [5, 5.41) is 3.26. The fraction of sp³-hybridized carbons (Fsp3) is 0.667. The zero-order chi connectivity index (χ0) is 17.1. The molecule has 0 aliphatic carbocycles. The topological polar surface area (TPSA) is 114 Å². The molecule has 0 aliphatic heterocycles. The van der Waals surface area contributed by atoms with Crippen LogP contribution < -0.4 is 10.6 Å². The predicted octanol–water partition coefficient (Wildman–Crippen LogP) is 0.853. The fourth-order valence-electron chi connectivity index (χ4n) is 0.816. The Morgan fingerprint density at radius 2 is 1.57 bits per heavy atom. The van der Waals surface area contributed by atoms with Crippen molar-refractivity contribution in [2.24, 2.45) is 4.40 Å². The van der Waals surface area contributed by atoms with Crippen molar-refractivity contribution in [3.8, 4) is 0 Å². The summed E-state index contributed by atoms with van der Waals surface area (Å²) in [7, 11) is -5.93. The van der Waals surface area contributed by atoms with Crippen LogP contribution in [0.15, 0.2) is 4.40 Å². The normalized spacial score (nSPS) is 13.6. The highest BCUT2D eigenvalue weighted by molar-refractivity contribution is 7.91. The van der Waals surface area contributed by atoms with E-state index in [0.29, 0.717) is 0 Å². The minimum Gasteiger partial charge on any atom is -0.444 e. The van der Waals surface area contributed by atoms with Crippen LogP contribution in [-0.4, -0.2) is 37.5 Å². The second-order valence-corrected chi connectivity index (χ2v) is 6.26. The van der Waals surface area contributed by atoms with Gasteiger partial charge in [-0.05, 0) is 20.8 Å². The van der Waals surface area contributed by atoms with E-state index >= 15 is 0 Å². The summed E-state index contributed by atoms with van der Waals surface area (Å²) < 4.78 is 65.3. The van der Waals surface area contributed by atoms with Crippen molar-refractivity contribution in [1.29, 1.82) is 0 Å². The Kier molecular flexibility index (Phi) is 5.73. The van der Waals surface area contributed by atoms with Gasteiger partial charge in [0.05, 0.1) is 0 Å². The maximum absolute atomic E-state index is 12.2. The van der Waals surface area contributed by atoms with Gasteiger partial charge in [0.15, 0.2) is 0 Å². The molecular formula is C9H14F3N3O5S. The van der Waals surface area contributed by atoms with Gasteiger partial charge >= 0.3 is 21.6 Å². The van der Waals surface area contributed by atoms with Crippen LogP contribution in [0.5, 0.6) is 0 Å². The first-order valence-electron chi connectivity index (χ1n) is 5.33. The summed E-state index contributed by atoms with van der Waals surface area (Å²) in [6.07, 6.45) is -1.28. The second kappa shape index (κ2) is 6.28. The van der Waals surface area contributed by atoms with Crippen molar-refractivity contribution in [3.05, 3.63) is 0 Å². The number of rotatable bonds is 1. The van der Waals surface area contributed by atoms with Crippen molar-refractivity contribution in [2.75, 3.05) is 0 Å². The molecule has 0 radical (unpaired) electrons. The van der Waals surface area contributed by atoms with Crippen molar-refractivity contribution in [3.63, 3.8) is 0 Å². The molecule has 0 heterocycles. The molecular weight excluding hydrogens is 319 g/mol. The van der Waals surface area contributed by atoms with E-state index in [1.807, 2.05) is 0 Å². The summed E-state index contributed by atoms with van der Waals surface area (Å²) in [5.41, 5.74) is -6.67. The zero-order valence-electron chi connectivity index (χ0n) is 11.5. The van der Waals surface area contributed by atoms with Crippen LogP contribution in [0.4, 0.5) is 18.0 Å². The van der Waals surface area contributed by atoms with Crippen LogP contribution >= 0.6 is 0 Å². The molecule has 2 amide bonds. The first-order chi connectivity index (χ1) is 9.14. The number of hydrogen-bond acceptors (Lipinski definition) is 5. The van der Waals surface area contributed by atoms with Crippen molar-refractivity contribution < 1.29 is 35.9 Å². The van der Waals surface area contributed by atoms with Crippen molar-refractivity contribution in [1.82, 2.24) is 10.6 Å². The standard InChI is InChI=1S/C9H14F3N3O5S/c1-5(16)13-6(14-7(17)20-8(2,3)4)15-21(18,19)9(10,11)12/h1-4H3,(H2,13,14,15,16,17). The van der Waals surface area contributed by atoms with Gasteiger partial charge in [-0.2, -0.15) is 21.6 Å². The first-order valence-corrected chi connectivity index (χ1v) is 6.77. The Bertz CT molecular complexity index is 548. The van der Waals surface area contributed by atoms with Crippen LogP contribution in [0.1, 0.15) is 27.7 Å². The van der Waals surface area contributed by atoms with E-state index in [0.717, 1.165) is 6.92 Å². The number of guanidine groups is 1. The highest BCUT2D eigenvalue weighted by Gasteiger charge is 2.46. The lowest BCUT2D eigenvalue weighted by Crippen LogP contribution is -2.46. The number of halogens is 3. The van der Waals surface area contributed by atoms with Gasteiger partial charge in [0.1, 0.15) is 5.60 Å². The van der Waals surface area contributed by atoms with Crippen LogP contribution in [-0.2, 0) is 19.6 Å². The monoisotopic (exact) mass is 333 g/mol. The number of alkyl carbamates (subject to hydrolysis) is 1. The smallest absolute Gasteiger partial charge is 0.444 e. The molecule has 0 bridgehead atoms. The van der Waals surface area contributed by atoms with E-state index in [1.54, 1.807) is 10.6 Å². The molecule has 0 spiro atoms. The number of alkyl halides is 3. The van der Waals surface area contributed by atoms with Gasteiger partial charge in [-0.15, -0.1) is 4.40 Å². The summed E-state index contributed by atoms with van der Waals surface area (Å²) in [6.45, 7) is 5.28. The number of sulfonamides is 1. The van der Waals surface area contributed by atoms with Crippen LogP contribution in [0.25, 0.3) is 0 Å². The minimum absolute atomic E-state index is 0.881. The van der Waals surface area contributed by atoms with Crippen LogP contribution in [0.2, 0.25) is 0 Å². The second-order valence-electron chi connectivity index (χ2n) is 4.67. The molecule has 0 atom stereocenters. The molecule has 8 nitrogen and oxygen atoms in total. The number of carbonyl (C=O) groups is 2. The van der Waals surface area contributed by atoms with Crippen LogP contribution in [0, 0.1) is 0 Å². The van der Waals surface area contributed by atoms with E-state index < -0.39 is 39.1 Å². The average Bonchev–Trinajstić information content (AvgIpc) is 2.08. The molecule has 0 aliphatic rings. The molecule has 0 rings (SSSR count). The summed E-state index contributed by atoms with van der Waals surface area (Å²) in [6, 6.07) is 0. The van der Waals surface area contributed by atoms with E-state index in [1.165, 1.54) is 20.8 Å². The van der Waals surface area contributed by atoms with E-state index in [2.05, 4.69) is 4.40 Å². The number of nitrogens with one attached hydrogen (secondary N) is 2. The molecule has 0 aromatic carbocycles. The summed E-state index contributed by atoms with van der Waals surface area (Å²) >= 11 is 0. The number of carbonyl (C=O) groups excluding carboxylic acids is 2. The molecule has 21 heavy (non-hydrogen) atoms. The molecule has 12 heteroatoms. The van der Waals surface area contributed by atoms with Crippen molar-refractivity contribution >= 4 is 28.0 Å². The molecule has 0 aromatic rings. The molecule has 0 saturated carbocycles. The number of ether oxygens (including phenoxy) is 1. The van der Waals surface area contributed by atoms with Crippen LogP contribution in [0.3, 0.4) is 0 Å². The Balaban J connectivity index is 5.34. The number of hydrogen-bond donors (Lipinski definition) is 2. The number of amides is 2. The Morgan fingerprint density at radius 3 is 1.90 bits per heavy atom. The lowest BCUT2D eigenvalue weighted by Gasteiger charge is -2.20. The van der Waals surface area contributed by atoms with Gasteiger partial charge in [-0.25, -0.2) is 4.79 Å². The average molecular weight is 333 g/mol.